The van der Waals surface area contributed by atoms with Gasteiger partial charge in [0.1, 0.15) is 5.54 Å². The number of ether oxygens (including phenoxy) is 1. The number of rotatable bonds is 5. The molecule has 2 atom stereocenters. The molecule has 100 valence electrons. The summed E-state index contributed by atoms with van der Waals surface area (Å²) in [6.07, 6.45) is 1.62. The molecule has 0 bridgehead atoms. The van der Waals surface area contributed by atoms with E-state index in [4.69, 9.17) is 4.74 Å². The topological polar surface area (TPSA) is 61.8 Å². The second kappa shape index (κ2) is 6.33. The fraction of sp³-hybridized carbons (Fsp3) is 0.917. The summed E-state index contributed by atoms with van der Waals surface area (Å²) in [7, 11) is 1.70. The quantitative estimate of drug-likeness (QED) is 0.739. The Morgan fingerprint density at radius 3 is 2.82 bits per heavy atom. The van der Waals surface area contributed by atoms with Crippen molar-refractivity contribution in [2.75, 3.05) is 33.4 Å². The summed E-state index contributed by atoms with van der Waals surface area (Å²) in [5.74, 6) is -0.794. The Kier molecular flexibility index (Phi) is 5.36. The summed E-state index contributed by atoms with van der Waals surface area (Å²) < 4.78 is 5.41. The Balaban J connectivity index is 2.56. The molecule has 5 nitrogen and oxygen atoms in total. The first kappa shape index (κ1) is 14.4. The first-order chi connectivity index (χ1) is 7.99. The van der Waals surface area contributed by atoms with Crippen molar-refractivity contribution >= 4 is 5.97 Å². The van der Waals surface area contributed by atoms with Crippen molar-refractivity contribution in [1.82, 2.24) is 10.2 Å². The van der Waals surface area contributed by atoms with E-state index in [1.165, 1.54) is 0 Å². The molecule has 1 aliphatic heterocycles. The maximum absolute atomic E-state index is 11.2. The van der Waals surface area contributed by atoms with Crippen LogP contribution in [0.1, 0.15) is 26.7 Å². The number of nitrogens with one attached hydrogen (secondary N) is 1. The molecule has 0 spiro atoms. The summed E-state index contributed by atoms with van der Waals surface area (Å²) >= 11 is 0. The molecule has 17 heavy (non-hydrogen) atoms. The van der Waals surface area contributed by atoms with Crippen molar-refractivity contribution < 1.29 is 14.6 Å². The molecule has 1 heterocycles. The van der Waals surface area contributed by atoms with Gasteiger partial charge in [-0.15, -0.1) is 0 Å². The smallest absolute Gasteiger partial charge is 0.323 e. The summed E-state index contributed by atoms with van der Waals surface area (Å²) in [6.45, 7) is 7.25. The van der Waals surface area contributed by atoms with Crippen LogP contribution in [0.2, 0.25) is 0 Å². The third-order valence-electron chi connectivity index (χ3n) is 3.61. The molecule has 0 aromatic rings. The zero-order valence-corrected chi connectivity index (χ0v) is 11.0. The Morgan fingerprint density at radius 2 is 2.24 bits per heavy atom. The molecule has 0 amide bonds. The highest BCUT2D eigenvalue weighted by Crippen LogP contribution is 2.17. The van der Waals surface area contributed by atoms with Gasteiger partial charge < -0.3 is 15.2 Å². The van der Waals surface area contributed by atoms with E-state index in [0.717, 1.165) is 32.7 Å². The number of carboxylic acids is 1. The van der Waals surface area contributed by atoms with E-state index in [2.05, 4.69) is 17.1 Å². The lowest BCUT2D eigenvalue weighted by Gasteiger charge is -2.33. The van der Waals surface area contributed by atoms with E-state index in [-0.39, 0.29) is 6.04 Å². The lowest BCUT2D eigenvalue weighted by molar-refractivity contribution is -0.144. The second-order valence-electron chi connectivity index (χ2n) is 4.94. The molecule has 5 heteroatoms. The number of likely N-dealkylation sites (N-methyl/N-ethyl adjacent to an activating group) is 1. The Bertz CT molecular complexity index is 252. The molecule has 1 rings (SSSR count). The highest BCUT2D eigenvalue weighted by atomic mass is 16.5. The Hall–Kier alpha value is -0.650. The minimum Gasteiger partial charge on any atom is -0.480 e. The van der Waals surface area contributed by atoms with Gasteiger partial charge in [0.15, 0.2) is 0 Å². The minimum atomic E-state index is -0.855. The van der Waals surface area contributed by atoms with Crippen molar-refractivity contribution in [1.29, 1.82) is 0 Å². The Morgan fingerprint density at radius 1 is 1.53 bits per heavy atom. The SMILES string of the molecule is CNC(C)(CC(C)N1CCCOCC1)C(=O)O. The predicted octanol–water partition coefficient (Wildman–Crippen LogP) is 0.550. The van der Waals surface area contributed by atoms with Crippen molar-refractivity contribution in [2.45, 2.75) is 38.3 Å². The summed E-state index contributed by atoms with van der Waals surface area (Å²) in [5, 5.41) is 12.1. The van der Waals surface area contributed by atoms with Gasteiger partial charge in [-0.1, -0.05) is 0 Å². The van der Waals surface area contributed by atoms with E-state index >= 15 is 0 Å². The first-order valence-corrected chi connectivity index (χ1v) is 6.23. The van der Waals surface area contributed by atoms with Crippen molar-refractivity contribution in [3.63, 3.8) is 0 Å². The van der Waals surface area contributed by atoms with Crippen LogP contribution in [0.4, 0.5) is 0 Å². The first-order valence-electron chi connectivity index (χ1n) is 6.23. The number of nitrogens with zero attached hydrogens (tertiary/aromatic N) is 1. The molecule has 0 aromatic carbocycles. The number of carboxylic acid groups (broad SMARTS) is 1. The van der Waals surface area contributed by atoms with E-state index in [1.807, 2.05) is 0 Å². The standard InChI is InChI=1S/C12H24N2O3/c1-10(9-12(2,13-3)11(15)16)14-5-4-7-17-8-6-14/h10,13H,4-9H2,1-3H3,(H,15,16). The zero-order chi connectivity index (χ0) is 12.9. The molecule has 1 fully saturated rings. The average Bonchev–Trinajstić information content (AvgIpc) is 2.57. The Labute approximate surface area is 103 Å². The molecular weight excluding hydrogens is 220 g/mol. The highest BCUT2D eigenvalue weighted by Gasteiger charge is 2.34. The molecule has 2 N–H and O–H groups in total. The van der Waals surface area contributed by atoms with E-state index < -0.39 is 11.5 Å². The number of carbonyl (C=O) groups is 1. The van der Waals surface area contributed by atoms with Gasteiger partial charge in [-0.25, -0.2) is 0 Å². The number of aliphatic carboxylic acids is 1. The van der Waals surface area contributed by atoms with Gasteiger partial charge in [-0.2, -0.15) is 0 Å². The second-order valence-corrected chi connectivity index (χ2v) is 4.94. The van der Waals surface area contributed by atoms with Crippen LogP contribution in [0, 0.1) is 0 Å². The van der Waals surface area contributed by atoms with Gasteiger partial charge in [-0.05, 0) is 33.7 Å². The van der Waals surface area contributed by atoms with Crippen LogP contribution in [0.15, 0.2) is 0 Å². The third kappa shape index (κ3) is 3.94. The summed E-state index contributed by atoms with van der Waals surface area (Å²) in [5.41, 5.74) is -0.855. The van der Waals surface area contributed by atoms with Gasteiger partial charge >= 0.3 is 5.97 Å². The fourth-order valence-electron chi connectivity index (χ4n) is 2.22. The lowest BCUT2D eigenvalue weighted by atomic mass is 9.93. The maximum atomic E-state index is 11.2. The minimum absolute atomic E-state index is 0.241. The van der Waals surface area contributed by atoms with Crippen LogP contribution in [0.5, 0.6) is 0 Å². The van der Waals surface area contributed by atoms with Crippen LogP contribution in [-0.4, -0.2) is 60.9 Å². The molecule has 1 saturated heterocycles. The molecular formula is C12H24N2O3. The van der Waals surface area contributed by atoms with Gasteiger partial charge in [0.25, 0.3) is 0 Å². The average molecular weight is 244 g/mol. The normalized spacial score (nSPS) is 23.7. The van der Waals surface area contributed by atoms with Crippen LogP contribution in [0.25, 0.3) is 0 Å². The van der Waals surface area contributed by atoms with Crippen LogP contribution < -0.4 is 5.32 Å². The van der Waals surface area contributed by atoms with Crippen LogP contribution >= 0.6 is 0 Å². The lowest BCUT2D eigenvalue weighted by Crippen LogP contribution is -2.52. The maximum Gasteiger partial charge on any atom is 0.323 e. The molecule has 0 radical (unpaired) electrons. The van der Waals surface area contributed by atoms with Crippen molar-refractivity contribution in [3.8, 4) is 0 Å². The number of hydrogen-bond acceptors (Lipinski definition) is 4. The van der Waals surface area contributed by atoms with Gasteiger partial charge in [-0.3, -0.25) is 9.69 Å². The molecule has 0 aliphatic carbocycles. The van der Waals surface area contributed by atoms with Crippen molar-refractivity contribution in [3.05, 3.63) is 0 Å². The fourth-order valence-corrected chi connectivity index (χ4v) is 2.22. The molecule has 2 unspecified atom stereocenters. The van der Waals surface area contributed by atoms with Crippen molar-refractivity contribution in [2.24, 2.45) is 0 Å². The van der Waals surface area contributed by atoms with Crippen LogP contribution in [0.3, 0.4) is 0 Å². The van der Waals surface area contributed by atoms with E-state index in [1.54, 1.807) is 14.0 Å². The summed E-state index contributed by atoms with van der Waals surface area (Å²) in [4.78, 5) is 13.5. The monoisotopic (exact) mass is 244 g/mol. The van der Waals surface area contributed by atoms with Gasteiger partial charge in [0.2, 0.25) is 0 Å². The van der Waals surface area contributed by atoms with Gasteiger partial charge in [0, 0.05) is 25.7 Å². The summed E-state index contributed by atoms with van der Waals surface area (Å²) in [6, 6.07) is 0.241. The zero-order valence-electron chi connectivity index (χ0n) is 11.0. The molecule has 1 aliphatic rings. The van der Waals surface area contributed by atoms with E-state index in [0.29, 0.717) is 6.42 Å². The largest absolute Gasteiger partial charge is 0.480 e. The molecule has 0 saturated carbocycles. The van der Waals surface area contributed by atoms with Crippen LogP contribution in [-0.2, 0) is 9.53 Å². The number of hydrogen-bond donors (Lipinski definition) is 2. The predicted molar refractivity (Wildman–Crippen MR) is 66.2 cm³/mol. The van der Waals surface area contributed by atoms with Gasteiger partial charge in [0.05, 0.1) is 6.61 Å². The highest BCUT2D eigenvalue weighted by molar-refractivity contribution is 5.78. The van der Waals surface area contributed by atoms with E-state index in [9.17, 15) is 9.90 Å². The third-order valence-corrected chi connectivity index (χ3v) is 3.61. The molecule has 0 aromatic heterocycles.